The highest BCUT2D eigenvalue weighted by Gasteiger charge is 2.17. The Hall–Kier alpha value is -3.66. The van der Waals surface area contributed by atoms with Gasteiger partial charge in [-0.1, -0.05) is 0 Å². The van der Waals surface area contributed by atoms with Crippen molar-refractivity contribution in [2.45, 2.75) is 6.61 Å². The Morgan fingerprint density at radius 3 is 2.71 bits per heavy atom. The molecule has 0 fully saturated rings. The van der Waals surface area contributed by atoms with Gasteiger partial charge in [-0.05, 0) is 36.4 Å². The minimum Gasteiger partial charge on any atom is -0.497 e. The van der Waals surface area contributed by atoms with Crippen LogP contribution in [0.2, 0.25) is 0 Å². The average Bonchev–Trinajstić information content (AvgIpc) is 3.14. The third-order valence-electron chi connectivity index (χ3n) is 3.71. The Balaban J connectivity index is 1.60. The van der Waals surface area contributed by atoms with Crippen LogP contribution in [-0.4, -0.2) is 23.0 Å². The van der Waals surface area contributed by atoms with Gasteiger partial charge in [0.05, 0.1) is 23.3 Å². The molecule has 0 aliphatic heterocycles. The molecule has 0 aliphatic carbocycles. The number of nitrogen functional groups attached to an aromatic ring is 1. The molecule has 0 saturated carbocycles. The van der Waals surface area contributed by atoms with Gasteiger partial charge in [-0.3, -0.25) is 10.1 Å². The number of nitro benzene ring substituents is 1. The minimum absolute atomic E-state index is 0.0182. The van der Waals surface area contributed by atoms with E-state index in [-0.39, 0.29) is 23.5 Å². The highest BCUT2D eigenvalue weighted by atomic mass is 32.1. The van der Waals surface area contributed by atoms with Gasteiger partial charge >= 0.3 is 5.97 Å². The van der Waals surface area contributed by atoms with Crippen LogP contribution in [0.25, 0.3) is 0 Å². The molecule has 0 unspecified atom stereocenters. The van der Waals surface area contributed by atoms with Gasteiger partial charge in [0, 0.05) is 17.1 Å². The van der Waals surface area contributed by atoms with E-state index in [0.717, 1.165) is 17.5 Å². The van der Waals surface area contributed by atoms with Gasteiger partial charge in [-0.15, -0.1) is 11.3 Å². The van der Waals surface area contributed by atoms with Gasteiger partial charge in [-0.2, -0.15) is 0 Å². The number of hydrogen-bond acceptors (Lipinski definition) is 9. The summed E-state index contributed by atoms with van der Waals surface area (Å²) in [6.45, 7) is -0.0577. The molecule has 3 aromatic rings. The predicted octanol–water partition coefficient (Wildman–Crippen LogP) is 3.74. The lowest BCUT2D eigenvalue weighted by Crippen LogP contribution is -2.07. The average molecular weight is 400 g/mol. The number of carbonyl (C=O) groups is 1. The van der Waals surface area contributed by atoms with E-state index in [1.807, 2.05) is 24.3 Å². The third kappa shape index (κ3) is 4.54. The number of thiazole rings is 1. The predicted molar refractivity (Wildman–Crippen MR) is 105 cm³/mol. The standard InChI is InChI=1S/C18H16N4O5S/c1-26-14-5-3-12(4-6-14)20-18-21-13(10-28-18)9-27-17(23)11-2-7-15(19)16(8-11)22(24)25/h2-8,10H,9,19H2,1H3,(H,20,21). The van der Waals surface area contributed by atoms with Gasteiger partial charge in [0.15, 0.2) is 5.13 Å². The Kier molecular flexibility index (Phi) is 5.70. The maximum Gasteiger partial charge on any atom is 0.338 e. The highest BCUT2D eigenvalue weighted by Crippen LogP contribution is 2.25. The lowest BCUT2D eigenvalue weighted by atomic mass is 10.2. The molecule has 0 saturated heterocycles. The Bertz CT molecular complexity index is 1000. The van der Waals surface area contributed by atoms with E-state index in [2.05, 4.69) is 10.3 Å². The van der Waals surface area contributed by atoms with Crippen LogP contribution >= 0.6 is 11.3 Å². The van der Waals surface area contributed by atoms with Crippen molar-refractivity contribution in [2.75, 3.05) is 18.2 Å². The van der Waals surface area contributed by atoms with Crippen molar-refractivity contribution < 1.29 is 19.2 Å². The molecule has 144 valence electrons. The molecule has 0 atom stereocenters. The van der Waals surface area contributed by atoms with E-state index in [1.54, 1.807) is 12.5 Å². The summed E-state index contributed by atoms with van der Waals surface area (Å²) in [5, 5.41) is 16.5. The number of esters is 1. The number of rotatable bonds is 7. The Labute approximate surface area is 163 Å². The van der Waals surface area contributed by atoms with Crippen molar-refractivity contribution >= 4 is 39.5 Å². The third-order valence-corrected chi connectivity index (χ3v) is 4.51. The molecule has 10 heteroatoms. The molecule has 0 aliphatic rings. The first-order valence-corrected chi connectivity index (χ1v) is 8.91. The fourth-order valence-electron chi connectivity index (χ4n) is 2.28. The number of nitrogens with two attached hydrogens (primary N) is 1. The van der Waals surface area contributed by atoms with Gasteiger partial charge in [0.1, 0.15) is 18.0 Å². The number of ether oxygens (including phenoxy) is 2. The van der Waals surface area contributed by atoms with Gasteiger partial charge < -0.3 is 20.5 Å². The Morgan fingerprint density at radius 2 is 2.04 bits per heavy atom. The van der Waals surface area contributed by atoms with Crippen molar-refractivity contribution in [3.05, 3.63) is 69.2 Å². The largest absolute Gasteiger partial charge is 0.497 e. The molecule has 1 aromatic heterocycles. The number of benzene rings is 2. The number of nitro groups is 1. The van der Waals surface area contributed by atoms with E-state index in [9.17, 15) is 14.9 Å². The zero-order valence-corrected chi connectivity index (χ0v) is 15.6. The monoisotopic (exact) mass is 400 g/mol. The molecule has 0 spiro atoms. The molecule has 9 nitrogen and oxygen atoms in total. The number of aromatic nitrogens is 1. The van der Waals surface area contributed by atoms with E-state index < -0.39 is 10.9 Å². The second kappa shape index (κ2) is 8.35. The maximum atomic E-state index is 12.1. The van der Waals surface area contributed by atoms with Gasteiger partial charge in [0.2, 0.25) is 0 Å². The SMILES string of the molecule is COc1ccc(Nc2nc(COC(=O)c3ccc(N)c([N+](=O)[O-])c3)cs2)cc1. The molecule has 3 rings (SSSR count). The molecule has 1 heterocycles. The van der Waals surface area contributed by atoms with Crippen LogP contribution in [0.3, 0.4) is 0 Å². The number of nitrogens with one attached hydrogen (secondary N) is 1. The summed E-state index contributed by atoms with van der Waals surface area (Å²) in [6, 6.07) is 11.1. The van der Waals surface area contributed by atoms with Crippen LogP contribution in [0.4, 0.5) is 22.2 Å². The van der Waals surface area contributed by atoms with Crippen LogP contribution in [-0.2, 0) is 11.3 Å². The Morgan fingerprint density at radius 1 is 1.29 bits per heavy atom. The summed E-state index contributed by atoms with van der Waals surface area (Å²) in [5.74, 6) is 0.0564. The second-order valence-electron chi connectivity index (χ2n) is 5.60. The molecule has 28 heavy (non-hydrogen) atoms. The van der Waals surface area contributed by atoms with Crippen molar-refractivity contribution in [2.24, 2.45) is 0 Å². The smallest absolute Gasteiger partial charge is 0.338 e. The summed E-state index contributed by atoms with van der Waals surface area (Å²) in [4.78, 5) is 26.7. The summed E-state index contributed by atoms with van der Waals surface area (Å²) < 4.78 is 10.3. The first-order valence-electron chi connectivity index (χ1n) is 8.03. The fraction of sp³-hybridized carbons (Fsp3) is 0.111. The molecule has 0 radical (unpaired) electrons. The quantitative estimate of drug-likeness (QED) is 0.265. The van der Waals surface area contributed by atoms with Crippen molar-refractivity contribution in [3.8, 4) is 5.75 Å². The van der Waals surface area contributed by atoms with E-state index in [1.165, 1.54) is 23.5 Å². The number of methoxy groups -OCH3 is 1. The van der Waals surface area contributed by atoms with Gasteiger partial charge in [-0.25, -0.2) is 9.78 Å². The fourth-order valence-corrected chi connectivity index (χ4v) is 3.00. The molecule has 3 N–H and O–H groups in total. The molecule has 0 amide bonds. The van der Waals surface area contributed by atoms with Crippen molar-refractivity contribution in [1.82, 2.24) is 4.98 Å². The second-order valence-corrected chi connectivity index (χ2v) is 6.46. The van der Waals surface area contributed by atoms with Crippen LogP contribution in [0.15, 0.2) is 47.8 Å². The van der Waals surface area contributed by atoms with Crippen LogP contribution in [0.5, 0.6) is 5.75 Å². The molecular weight excluding hydrogens is 384 g/mol. The van der Waals surface area contributed by atoms with Crippen molar-refractivity contribution in [3.63, 3.8) is 0 Å². The maximum absolute atomic E-state index is 12.1. The van der Waals surface area contributed by atoms with E-state index in [4.69, 9.17) is 15.2 Å². The summed E-state index contributed by atoms with van der Waals surface area (Å²) in [6.07, 6.45) is 0. The van der Waals surface area contributed by atoms with Crippen molar-refractivity contribution in [1.29, 1.82) is 0 Å². The number of carbonyl (C=O) groups excluding carboxylic acids is 1. The van der Waals surface area contributed by atoms with Gasteiger partial charge in [0.25, 0.3) is 5.69 Å². The van der Waals surface area contributed by atoms with Crippen LogP contribution in [0.1, 0.15) is 16.1 Å². The van der Waals surface area contributed by atoms with E-state index in [0.29, 0.717) is 10.8 Å². The van der Waals surface area contributed by atoms with Crippen LogP contribution < -0.4 is 15.8 Å². The summed E-state index contributed by atoms with van der Waals surface area (Å²) >= 11 is 1.36. The lowest BCUT2D eigenvalue weighted by Gasteiger charge is -2.05. The first kappa shape index (κ1) is 19.1. The zero-order valence-electron chi connectivity index (χ0n) is 14.7. The molecular formula is C18H16N4O5S. The normalized spacial score (nSPS) is 10.3. The number of nitrogens with zero attached hydrogens (tertiary/aromatic N) is 2. The lowest BCUT2D eigenvalue weighted by molar-refractivity contribution is -0.383. The molecule has 2 aromatic carbocycles. The first-order chi connectivity index (χ1) is 13.5. The summed E-state index contributed by atoms with van der Waals surface area (Å²) in [5.41, 5.74) is 6.61. The topological polar surface area (TPSA) is 130 Å². The van der Waals surface area contributed by atoms with Crippen LogP contribution in [0, 0.1) is 10.1 Å². The zero-order chi connectivity index (χ0) is 20.1. The number of hydrogen-bond donors (Lipinski definition) is 2. The van der Waals surface area contributed by atoms with E-state index >= 15 is 0 Å². The minimum atomic E-state index is -0.694. The molecule has 0 bridgehead atoms. The number of anilines is 3. The highest BCUT2D eigenvalue weighted by molar-refractivity contribution is 7.13. The summed E-state index contributed by atoms with van der Waals surface area (Å²) in [7, 11) is 1.60.